The number of likely N-dealkylation sites (N-methyl/N-ethyl adjacent to an activating group) is 1. The number of likely N-dealkylation sites (tertiary alicyclic amines) is 1. The summed E-state index contributed by atoms with van der Waals surface area (Å²) >= 11 is 0. The third-order valence-electron chi connectivity index (χ3n) is 3.50. The zero-order chi connectivity index (χ0) is 15.7. The van der Waals surface area contributed by atoms with Crippen molar-refractivity contribution in [3.63, 3.8) is 0 Å². The molecular weight excluding hydrogens is 288 g/mol. The maximum atomic E-state index is 10.9. The molecule has 116 valence electrons. The molecule has 0 amide bonds. The molecular formula is C15H16N2O5. The van der Waals surface area contributed by atoms with Gasteiger partial charge < -0.3 is 19.1 Å². The smallest absolute Gasteiger partial charge is 0.374 e. The van der Waals surface area contributed by atoms with E-state index in [4.69, 9.17) is 19.1 Å². The van der Waals surface area contributed by atoms with E-state index in [0.29, 0.717) is 22.8 Å². The Bertz CT molecular complexity index is 691. The normalized spacial score (nSPS) is 15.4. The van der Waals surface area contributed by atoms with Crippen LogP contribution in [0.1, 0.15) is 10.6 Å². The molecule has 0 spiro atoms. The fourth-order valence-electron chi connectivity index (χ4n) is 2.34. The van der Waals surface area contributed by atoms with Gasteiger partial charge in [-0.15, -0.1) is 0 Å². The minimum absolute atomic E-state index is 0.126. The van der Waals surface area contributed by atoms with Crippen LogP contribution in [0.15, 0.2) is 28.8 Å². The number of nitrogens with zero attached hydrogens (tertiary/aromatic N) is 2. The number of aromatic carboxylic acids is 1. The van der Waals surface area contributed by atoms with Crippen molar-refractivity contribution in [2.75, 3.05) is 27.2 Å². The zero-order valence-corrected chi connectivity index (χ0v) is 12.3. The summed E-state index contributed by atoms with van der Waals surface area (Å²) in [5.41, 5.74) is 1.15. The predicted octanol–water partition coefficient (Wildman–Crippen LogP) is 1.74. The van der Waals surface area contributed by atoms with Crippen LogP contribution in [0.4, 0.5) is 0 Å². The predicted molar refractivity (Wildman–Crippen MR) is 77.4 cm³/mol. The van der Waals surface area contributed by atoms with Gasteiger partial charge in [0, 0.05) is 24.7 Å². The number of rotatable bonds is 5. The van der Waals surface area contributed by atoms with E-state index in [1.165, 1.54) is 6.07 Å². The SMILES string of the molecule is COc1ccc(-c2cc(C(=O)O)on2)cc1OC1CN(C)C1. The number of hydrogen-bond donors (Lipinski definition) is 1. The van der Waals surface area contributed by atoms with Gasteiger partial charge in [-0.25, -0.2) is 4.79 Å². The maximum absolute atomic E-state index is 10.9. The van der Waals surface area contributed by atoms with Gasteiger partial charge >= 0.3 is 5.97 Å². The van der Waals surface area contributed by atoms with Gasteiger partial charge in [0.15, 0.2) is 11.5 Å². The number of carboxylic acid groups (broad SMARTS) is 1. The molecule has 0 bridgehead atoms. The van der Waals surface area contributed by atoms with Crippen molar-refractivity contribution in [3.8, 4) is 22.8 Å². The zero-order valence-electron chi connectivity index (χ0n) is 12.3. The Kier molecular flexibility index (Phi) is 3.72. The quantitative estimate of drug-likeness (QED) is 0.900. The number of benzene rings is 1. The number of carbonyl (C=O) groups is 1. The van der Waals surface area contributed by atoms with E-state index < -0.39 is 5.97 Å². The minimum atomic E-state index is -1.15. The molecule has 0 aliphatic carbocycles. The first-order valence-electron chi connectivity index (χ1n) is 6.80. The summed E-state index contributed by atoms with van der Waals surface area (Å²) in [6, 6.07) is 6.70. The molecule has 0 unspecified atom stereocenters. The highest BCUT2D eigenvalue weighted by atomic mass is 16.5. The third-order valence-corrected chi connectivity index (χ3v) is 3.50. The molecule has 0 radical (unpaired) electrons. The molecule has 0 atom stereocenters. The second kappa shape index (κ2) is 5.69. The first-order chi connectivity index (χ1) is 10.6. The topological polar surface area (TPSA) is 85.0 Å². The summed E-state index contributed by atoms with van der Waals surface area (Å²) in [5.74, 6) is -0.117. The summed E-state index contributed by atoms with van der Waals surface area (Å²) in [5, 5.41) is 12.7. The molecule has 2 heterocycles. The lowest BCUT2D eigenvalue weighted by atomic mass is 10.1. The van der Waals surface area contributed by atoms with Crippen LogP contribution in [0.25, 0.3) is 11.3 Å². The first-order valence-corrected chi connectivity index (χ1v) is 6.80. The van der Waals surface area contributed by atoms with E-state index in [9.17, 15) is 4.79 Å². The van der Waals surface area contributed by atoms with Crippen molar-refractivity contribution >= 4 is 5.97 Å². The van der Waals surface area contributed by atoms with Crippen molar-refractivity contribution < 1.29 is 23.9 Å². The molecule has 2 aromatic rings. The lowest BCUT2D eigenvalue weighted by Gasteiger charge is -2.36. The van der Waals surface area contributed by atoms with Crippen molar-refractivity contribution in [2.24, 2.45) is 0 Å². The highest BCUT2D eigenvalue weighted by Gasteiger charge is 2.26. The van der Waals surface area contributed by atoms with Crippen molar-refractivity contribution in [1.82, 2.24) is 10.1 Å². The molecule has 7 heteroatoms. The summed E-state index contributed by atoms with van der Waals surface area (Å²) < 4.78 is 16.0. The van der Waals surface area contributed by atoms with E-state index in [-0.39, 0.29) is 11.9 Å². The first kappa shape index (κ1) is 14.4. The van der Waals surface area contributed by atoms with Crippen LogP contribution in [-0.2, 0) is 0 Å². The highest BCUT2D eigenvalue weighted by molar-refractivity contribution is 5.85. The fourth-order valence-corrected chi connectivity index (χ4v) is 2.34. The molecule has 1 aromatic carbocycles. The number of aromatic nitrogens is 1. The number of methoxy groups -OCH3 is 1. The van der Waals surface area contributed by atoms with E-state index in [1.807, 2.05) is 7.05 Å². The summed E-state index contributed by atoms with van der Waals surface area (Å²) in [4.78, 5) is 13.0. The summed E-state index contributed by atoms with van der Waals surface area (Å²) in [6.07, 6.45) is 0.126. The number of carboxylic acids is 1. The molecule has 7 nitrogen and oxygen atoms in total. The van der Waals surface area contributed by atoms with Crippen LogP contribution in [0, 0.1) is 0 Å². The van der Waals surface area contributed by atoms with Gasteiger partial charge in [0.2, 0.25) is 5.76 Å². The Labute approximate surface area is 127 Å². The van der Waals surface area contributed by atoms with Crippen LogP contribution < -0.4 is 9.47 Å². The third kappa shape index (κ3) is 2.75. The van der Waals surface area contributed by atoms with Crippen LogP contribution in [0.2, 0.25) is 0 Å². The lowest BCUT2D eigenvalue weighted by Crippen LogP contribution is -2.51. The molecule has 1 aliphatic heterocycles. The fraction of sp³-hybridized carbons (Fsp3) is 0.333. The molecule has 1 saturated heterocycles. The standard InChI is InChI=1S/C15H16N2O5/c1-17-7-10(8-17)21-13-5-9(3-4-12(13)20-2)11-6-14(15(18)19)22-16-11/h3-6,10H,7-8H2,1-2H3,(H,18,19). The largest absolute Gasteiger partial charge is 0.493 e. The van der Waals surface area contributed by atoms with Gasteiger partial charge in [0.05, 0.1) is 7.11 Å². The van der Waals surface area contributed by atoms with Crippen molar-refractivity contribution in [1.29, 1.82) is 0 Å². The number of hydrogen-bond acceptors (Lipinski definition) is 6. The van der Waals surface area contributed by atoms with E-state index in [0.717, 1.165) is 13.1 Å². The Balaban J connectivity index is 1.86. The Morgan fingerprint density at radius 3 is 2.73 bits per heavy atom. The van der Waals surface area contributed by atoms with Crippen LogP contribution >= 0.6 is 0 Å². The van der Waals surface area contributed by atoms with Crippen molar-refractivity contribution in [3.05, 3.63) is 30.0 Å². The highest BCUT2D eigenvalue weighted by Crippen LogP contribution is 2.33. The molecule has 1 aliphatic rings. The van der Waals surface area contributed by atoms with Gasteiger partial charge in [-0.1, -0.05) is 5.16 Å². The average Bonchev–Trinajstić information content (AvgIpc) is 2.95. The molecule has 3 rings (SSSR count). The minimum Gasteiger partial charge on any atom is -0.493 e. The monoisotopic (exact) mass is 304 g/mol. The van der Waals surface area contributed by atoms with Crippen LogP contribution in [0.5, 0.6) is 11.5 Å². The second-order valence-electron chi connectivity index (χ2n) is 5.21. The van der Waals surface area contributed by atoms with Gasteiger partial charge in [0.1, 0.15) is 11.8 Å². The average molecular weight is 304 g/mol. The van der Waals surface area contributed by atoms with E-state index >= 15 is 0 Å². The van der Waals surface area contributed by atoms with Gasteiger partial charge in [-0.2, -0.15) is 0 Å². The van der Waals surface area contributed by atoms with Gasteiger partial charge in [-0.05, 0) is 25.2 Å². The molecule has 1 fully saturated rings. The molecule has 1 aromatic heterocycles. The van der Waals surface area contributed by atoms with Gasteiger partial charge in [0.25, 0.3) is 0 Å². The molecule has 0 saturated carbocycles. The Morgan fingerprint density at radius 2 is 2.14 bits per heavy atom. The van der Waals surface area contributed by atoms with Gasteiger partial charge in [-0.3, -0.25) is 4.90 Å². The van der Waals surface area contributed by atoms with E-state index in [2.05, 4.69) is 10.1 Å². The molecule has 22 heavy (non-hydrogen) atoms. The van der Waals surface area contributed by atoms with Crippen LogP contribution in [0.3, 0.4) is 0 Å². The summed E-state index contributed by atoms with van der Waals surface area (Å²) in [6.45, 7) is 1.72. The number of ether oxygens (including phenoxy) is 2. The lowest BCUT2D eigenvalue weighted by molar-refractivity contribution is 0.0370. The van der Waals surface area contributed by atoms with E-state index in [1.54, 1.807) is 25.3 Å². The Morgan fingerprint density at radius 1 is 1.36 bits per heavy atom. The second-order valence-corrected chi connectivity index (χ2v) is 5.21. The molecule has 1 N–H and O–H groups in total. The van der Waals surface area contributed by atoms with Crippen LogP contribution in [-0.4, -0.2) is 54.5 Å². The Hall–Kier alpha value is -2.54. The summed E-state index contributed by atoms with van der Waals surface area (Å²) in [7, 11) is 3.60. The van der Waals surface area contributed by atoms with Crippen molar-refractivity contribution in [2.45, 2.75) is 6.10 Å². The maximum Gasteiger partial charge on any atom is 0.374 e.